The molecule has 0 fully saturated rings. The number of rotatable bonds is 2. The van der Waals surface area contributed by atoms with E-state index in [1.807, 2.05) is 26.0 Å². The molecular formula is C8H10Cl2N2. The van der Waals surface area contributed by atoms with Gasteiger partial charge in [0.25, 0.3) is 0 Å². The summed E-state index contributed by atoms with van der Waals surface area (Å²) in [5.41, 5.74) is 1.55. The maximum Gasteiger partial charge on any atom is 0.0807 e. The molecule has 0 radical (unpaired) electrons. The van der Waals surface area contributed by atoms with Crippen LogP contribution in [0.15, 0.2) is 12.1 Å². The first-order valence-corrected chi connectivity index (χ1v) is 4.60. The van der Waals surface area contributed by atoms with E-state index in [0.717, 1.165) is 11.4 Å². The van der Waals surface area contributed by atoms with Gasteiger partial charge in [-0.25, -0.2) is 0 Å². The Morgan fingerprint density at radius 2 is 1.33 bits per heavy atom. The summed E-state index contributed by atoms with van der Waals surface area (Å²) in [6.45, 7) is 3.71. The van der Waals surface area contributed by atoms with Crippen molar-refractivity contribution in [1.29, 1.82) is 0 Å². The minimum absolute atomic E-state index is 0.0998. The minimum Gasteiger partial charge on any atom is -0.154 e. The lowest BCUT2D eigenvalue weighted by Crippen LogP contribution is -1.97. The van der Waals surface area contributed by atoms with Crippen molar-refractivity contribution in [2.45, 2.75) is 24.6 Å². The van der Waals surface area contributed by atoms with Gasteiger partial charge in [-0.3, -0.25) is 0 Å². The van der Waals surface area contributed by atoms with Gasteiger partial charge in [-0.15, -0.1) is 23.2 Å². The Morgan fingerprint density at radius 3 is 1.50 bits per heavy atom. The van der Waals surface area contributed by atoms with Crippen LogP contribution in [0.3, 0.4) is 0 Å². The molecule has 0 aromatic carbocycles. The van der Waals surface area contributed by atoms with Crippen LogP contribution in [0.4, 0.5) is 0 Å². The monoisotopic (exact) mass is 204 g/mol. The lowest BCUT2D eigenvalue weighted by Gasteiger charge is -2.03. The Hall–Kier alpha value is -0.340. The molecular weight excluding hydrogens is 195 g/mol. The highest BCUT2D eigenvalue weighted by Crippen LogP contribution is 2.19. The van der Waals surface area contributed by atoms with Crippen molar-refractivity contribution in [2.24, 2.45) is 0 Å². The van der Waals surface area contributed by atoms with E-state index in [4.69, 9.17) is 23.2 Å². The van der Waals surface area contributed by atoms with Gasteiger partial charge in [0.2, 0.25) is 0 Å². The molecule has 1 heterocycles. The summed E-state index contributed by atoms with van der Waals surface area (Å²) in [6.07, 6.45) is 0. The average molecular weight is 205 g/mol. The SMILES string of the molecule is CC(Cl)c1ccc(C(C)Cl)nn1. The summed E-state index contributed by atoms with van der Waals surface area (Å²) in [5, 5.41) is 7.67. The molecule has 2 atom stereocenters. The molecule has 0 amide bonds. The predicted molar refractivity (Wildman–Crippen MR) is 50.6 cm³/mol. The third-order valence-electron chi connectivity index (χ3n) is 1.52. The van der Waals surface area contributed by atoms with Crippen LogP contribution < -0.4 is 0 Å². The summed E-state index contributed by atoms with van der Waals surface area (Å²) in [4.78, 5) is 0. The van der Waals surface area contributed by atoms with Crippen LogP contribution in [0.25, 0.3) is 0 Å². The van der Waals surface area contributed by atoms with Crippen molar-refractivity contribution < 1.29 is 0 Å². The number of hydrogen-bond acceptors (Lipinski definition) is 2. The first-order valence-electron chi connectivity index (χ1n) is 3.73. The standard InChI is InChI=1S/C8H10Cl2N2/c1-5(9)7-3-4-8(6(2)10)12-11-7/h3-6H,1-2H3. The van der Waals surface area contributed by atoms with Gasteiger partial charge in [0.15, 0.2) is 0 Å². The molecule has 4 heteroatoms. The number of hydrogen-bond donors (Lipinski definition) is 0. The Morgan fingerprint density at radius 1 is 1.00 bits per heavy atom. The predicted octanol–water partition coefficient (Wildman–Crippen LogP) is 3.08. The molecule has 2 unspecified atom stereocenters. The molecule has 0 saturated carbocycles. The minimum atomic E-state index is -0.0998. The van der Waals surface area contributed by atoms with Gasteiger partial charge in [-0.2, -0.15) is 10.2 Å². The summed E-state index contributed by atoms with van der Waals surface area (Å²) >= 11 is 11.6. The second kappa shape index (κ2) is 4.06. The first-order chi connectivity index (χ1) is 5.61. The Bertz CT molecular complexity index is 217. The average Bonchev–Trinajstić information content (AvgIpc) is 2.04. The fraction of sp³-hybridized carbons (Fsp3) is 0.500. The van der Waals surface area contributed by atoms with E-state index in [2.05, 4.69) is 10.2 Å². The quantitative estimate of drug-likeness (QED) is 0.693. The molecule has 0 bridgehead atoms. The first kappa shape index (κ1) is 9.75. The Kier molecular flexibility index (Phi) is 3.29. The smallest absolute Gasteiger partial charge is 0.0807 e. The third kappa shape index (κ3) is 2.32. The summed E-state index contributed by atoms with van der Waals surface area (Å²) in [7, 11) is 0. The zero-order valence-corrected chi connectivity index (χ0v) is 8.47. The molecule has 0 saturated heterocycles. The number of halogens is 2. The molecule has 66 valence electrons. The Balaban J connectivity index is 2.86. The molecule has 0 aliphatic carbocycles. The van der Waals surface area contributed by atoms with Gasteiger partial charge in [-0.1, -0.05) is 0 Å². The summed E-state index contributed by atoms with van der Waals surface area (Å²) < 4.78 is 0. The van der Waals surface area contributed by atoms with Crippen LogP contribution in [0.1, 0.15) is 36.0 Å². The summed E-state index contributed by atoms with van der Waals surface area (Å²) in [6, 6.07) is 3.69. The van der Waals surface area contributed by atoms with Crippen LogP contribution in [0, 0.1) is 0 Å². The van der Waals surface area contributed by atoms with Crippen LogP contribution in [0.2, 0.25) is 0 Å². The zero-order valence-electron chi connectivity index (χ0n) is 6.96. The van der Waals surface area contributed by atoms with Crippen LogP contribution in [0.5, 0.6) is 0 Å². The number of nitrogens with zero attached hydrogens (tertiary/aromatic N) is 2. The highest BCUT2D eigenvalue weighted by Gasteiger charge is 2.06. The van der Waals surface area contributed by atoms with Crippen molar-refractivity contribution >= 4 is 23.2 Å². The number of alkyl halides is 2. The molecule has 2 nitrogen and oxygen atoms in total. The molecule has 1 aromatic heterocycles. The van der Waals surface area contributed by atoms with E-state index in [9.17, 15) is 0 Å². The van der Waals surface area contributed by atoms with E-state index >= 15 is 0 Å². The van der Waals surface area contributed by atoms with Gasteiger partial charge in [0, 0.05) is 0 Å². The lowest BCUT2D eigenvalue weighted by atomic mass is 10.2. The maximum absolute atomic E-state index is 5.80. The number of aromatic nitrogens is 2. The van der Waals surface area contributed by atoms with E-state index in [1.165, 1.54) is 0 Å². The molecule has 0 N–H and O–H groups in total. The molecule has 0 spiro atoms. The van der Waals surface area contributed by atoms with Gasteiger partial charge >= 0.3 is 0 Å². The van der Waals surface area contributed by atoms with Crippen LogP contribution in [-0.4, -0.2) is 10.2 Å². The van der Waals surface area contributed by atoms with E-state index in [-0.39, 0.29) is 10.8 Å². The molecule has 0 aliphatic heterocycles. The van der Waals surface area contributed by atoms with E-state index < -0.39 is 0 Å². The molecule has 1 aromatic rings. The topological polar surface area (TPSA) is 25.8 Å². The van der Waals surface area contributed by atoms with Gasteiger partial charge in [0.1, 0.15) is 0 Å². The fourth-order valence-electron chi connectivity index (χ4n) is 0.777. The third-order valence-corrected chi connectivity index (χ3v) is 1.97. The van der Waals surface area contributed by atoms with Crippen LogP contribution in [-0.2, 0) is 0 Å². The van der Waals surface area contributed by atoms with Crippen LogP contribution >= 0.6 is 23.2 Å². The lowest BCUT2D eigenvalue weighted by molar-refractivity contribution is 0.839. The van der Waals surface area contributed by atoms with Crippen molar-refractivity contribution in [3.63, 3.8) is 0 Å². The molecule has 1 rings (SSSR count). The zero-order chi connectivity index (χ0) is 9.14. The molecule has 12 heavy (non-hydrogen) atoms. The molecule has 0 aliphatic rings. The van der Waals surface area contributed by atoms with Crippen molar-refractivity contribution in [1.82, 2.24) is 10.2 Å². The van der Waals surface area contributed by atoms with E-state index in [0.29, 0.717) is 0 Å². The normalized spacial score (nSPS) is 15.7. The van der Waals surface area contributed by atoms with Gasteiger partial charge in [0.05, 0.1) is 22.1 Å². The van der Waals surface area contributed by atoms with Crippen molar-refractivity contribution in [3.05, 3.63) is 23.5 Å². The highest BCUT2D eigenvalue weighted by molar-refractivity contribution is 6.20. The fourth-order valence-corrected chi connectivity index (χ4v) is 1.01. The second-order valence-electron chi connectivity index (χ2n) is 2.62. The summed E-state index contributed by atoms with van der Waals surface area (Å²) in [5.74, 6) is 0. The van der Waals surface area contributed by atoms with Gasteiger partial charge < -0.3 is 0 Å². The Labute approximate surface area is 81.9 Å². The van der Waals surface area contributed by atoms with E-state index in [1.54, 1.807) is 0 Å². The highest BCUT2D eigenvalue weighted by atomic mass is 35.5. The maximum atomic E-state index is 5.80. The largest absolute Gasteiger partial charge is 0.154 e. The van der Waals surface area contributed by atoms with Crippen molar-refractivity contribution in [2.75, 3.05) is 0 Å². The van der Waals surface area contributed by atoms with Crippen molar-refractivity contribution in [3.8, 4) is 0 Å². The second-order valence-corrected chi connectivity index (χ2v) is 3.92. The van der Waals surface area contributed by atoms with Gasteiger partial charge in [-0.05, 0) is 26.0 Å².